The number of ether oxygens (including phenoxy) is 1. The molecule has 1 fully saturated rings. The molecule has 3 unspecified atom stereocenters. The quantitative estimate of drug-likeness (QED) is 0.652. The molecule has 0 bridgehead atoms. The van der Waals surface area contributed by atoms with E-state index in [9.17, 15) is 14.4 Å². The molecule has 116 valence electrons. The van der Waals surface area contributed by atoms with Gasteiger partial charge in [0.25, 0.3) is 0 Å². The van der Waals surface area contributed by atoms with Gasteiger partial charge in [0.1, 0.15) is 0 Å². The summed E-state index contributed by atoms with van der Waals surface area (Å²) < 4.78 is 4.93. The third-order valence-corrected chi connectivity index (χ3v) is 3.88. The predicted molar refractivity (Wildman–Crippen MR) is 73.4 cm³/mol. The third kappa shape index (κ3) is 3.81. The van der Waals surface area contributed by atoms with E-state index in [1.165, 1.54) is 0 Å². The van der Waals surface area contributed by atoms with Crippen molar-refractivity contribution in [1.82, 2.24) is 10.2 Å². The van der Waals surface area contributed by atoms with Gasteiger partial charge in [-0.15, -0.1) is 0 Å². The van der Waals surface area contributed by atoms with Crippen LogP contribution in [0.3, 0.4) is 0 Å². The average molecular weight is 296 g/mol. The minimum atomic E-state index is -0.884. The summed E-state index contributed by atoms with van der Waals surface area (Å²) in [7, 11) is 1.57. The number of carboxylic acids is 1. The van der Waals surface area contributed by atoms with Crippen LogP contribution in [0.15, 0.2) is 12.2 Å². The van der Waals surface area contributed by atoms with Crippen molar-refractivity contribution in [3.63, 3.8) is 0 Å². The molecule has 0 aromatic carbocycles. The van der Waals surface area contributed by atoms with Crippen LogP contribution in [-0.2, 0) is 19.1 Å². The van der Waals surface area contributed by atoms with Crippen LogP contribution in [0.1, 0.15) is 12.8 Å². The van der Waals surface area contributed by atoms with Gasteiger partial charge in [-0.2, -0.15) is 0 Å². The maximum Gasteiger partial charge on any atom is 0.310 e. The van der Waals surface area contributed by atoms with E-state index >= 15 is 0 Å². The molecule has 7 nitrogen and oxygen atoms in total. The maximum absolute atomic E-state index is 12.1. The number of nitrogens with zero attached hydrogens (tertiary/aromatic N) is 1. The molecule has 2 N–H and O–H groups in total. The molecule has 0 radical (unpaired) electrons. The number of hydrogen-bond acceptors (Lipinski definition) is 4. The second kappa shape index (κ2) is 6.71. The van der Waals surface area contributed by atoms with Crippen molar-refractivity contribution in [2.24, 2.45) is 11.8 Å². The summed E-state index contributed by atoms with van der Waals surface area (Å²) in [5.41, 5.74) is 0. The van der Waals surface area contributed by atoms with Crippen LogP contribution in [0.2, 0.25) is 0 Å². The van der Waals surface area contributed by atoms with Crippen LogP contribution >= 0.6 is 0 Å². The fraction of sp³-hybridized carbons (Fsp3) is 0.643. The minimum Gasteiger partial charge on any atom is -0.481 e. The number of carbonyl (C=O) groups is 3. The number of rotatable bonds is 6. The topological polar surface area (TPSA) is 95.9 Å². The lowest BCUT2D eigenvalue weighted by atomic mass is 10.1. The summed E-state index contributed by atoms with van der Waals surface area (Å²) in [5.74, 6) is -2.03. The zero-order valence-electron chi connectivity index (χ0n) is 11.9. The summed E-state index contributed by atoms with van der Waals surface area (Å²) in [6, 6.07) is -0.262. The van der Waals surface area contributed by atoms with Crippen LogP contribution in [0, 0.1) is 11.8 Å². The molecule has 0 aromatic heterocycles. The van der Waals surface area contributed by atoms with E-state index in [2.05, 4.69) is 5.32 Å². The zero-order chi connectivity index (χ0) is 15.4. The first-order valence-electron chi connectivity index (χ1n) is 6.99. The smallest absolute Gasteiger partial charge is 0.310 e. The lowest BCUT2D eigenvalue weighted by molar-refractivity contribution is -0.140. The van der Waals surface area contributed by atoms with Crippen molar-refractivity contribution in [3.05, 3.63) is 12.2 Å². The number of amides is 2. The van der Waals surface area contributed by atoms with Crippen LogP contribution < -0.4 is 5.32 Å². The highest BCUT2D eigenvalue weighted by molar-refractivity contribution is 5.89. The van der Waals surface area contributed by atoms with E-state index in [1.807, 2.05) is 0 Å². The molecule has 2 rings (SSSR count). The standard InChI is InChI=1S/C14H20N2O5/c1-21-5-4-16-8-10(7-12(16)17)13(18)15-11-3-2-9(6-11)14(19)20/h2-3,9-11H,4-8H2,1H3,(H,15,18)(H,19,20). The zero-order valence-corrected chi connectivity index (χ0v) is 11.9. The molecule has 1 saturated heterocycles. The molecule has 0 saturated carbocycles. The highest BCUT2D eigenvalue weighted by atomic mass is 16.5. The fourth-order valence-corrected chi connectivity index (χ4v) is 2.66. The fourth-order valence-electron chi connectivity index (χ4n) is 2.66. The van der Waals surface area contributed by atoms with E-state index < -0.39 is 11.9 Å². The van der Waals surface area contributed by atoms with E-state index in [4.69, 9.17) is 9.84 Å². The summed E-state index contributed by atoms with van der Waals surface area (Å²) >= 11 is 0. The predicted octanol–water partition coefficient (Wildman–Crippen LogP) is -0.373. The number of carbonyl (C=O) groups excluding carboxylic acids is 2. The number of aliphatic carboxylic acids is 1. The Bertz CT molecular complexity index is 462. The molecular formula is C14H20N2O5. The van der Waals surface area contributed by atoms with E-state index in [0.717, 1.165) is 0 Å². The SMILES string of the molecule is COCCN1CC(C(=O)NC2C=CC(C(=O)O)C2)CC1=O. The Labute approximate surface area is 122 Å². The van der Waals surface area contributed by atoms with Gasteiger partial charge in [-0.1, -0.05) is 12.2 Å². The molecule has 7 heteroatoms. The molecule has 3 atom stereocenters. The van der Waals surface area contributed by atoms with Gasteiger partial charge in [-0.25, -0.2) is 0 Å². The van der Waals surface area contributed by atoms with E-state index in [-0.39, 0.29) is 30.2 Å². The van der Waals surface area contributed by atoms with Crippen molar-refractivity contribution in [3.8, 4) is 0 Å². The van der Waals surface area contributed by atoms with Crippen LogP contribution in [0.5, 0.6) is 0 Å². The normalized spacial score (nSPS) is 28.1. The summed E-state index contributed by atoms with van der Waals surface area (Å²) in [5, 5.41) is 11.7. The van der Waals surface area contributed by atoms with Gasteiger partial charge in [0.2, 0.25) is 11.8 Å². The Morgan fingerprint density at radius 3 is 2.86 bits per heavy atom. The first kappa shape index (κ1) is 15.5. The van der Waals surface area contributed by atoms with Crippen LogP contribution in [0.4, 0.5) is 0 Å². The van der Waals surface area contributed by atoms with Gasteiger partial charge in [0, 0.05) is 32.7 Å². The Kier molecular flexibility index (Phi) is 4.95. The Morgan fingerprint density at radius 2 is 2.24 bits per heavy atom. The number of likely N-dealkylation sites (tertiary alicyclic amines) is 1. The Hall–Kier alpha value is -1.89. The molecule has 2 amide bonds. The maximum atomic E-state index is 12.1. The summed E-state index contributed by atoms with van der Waals surface area (Å²) in [4.78, 5) is 36.4. The molecule has 0 spiro atoms. The van der Waals surface area contributed by atoms with Crippen molar-refractivity contribution < 1.29 is 24.2 Å². The summed E-state index contributed by atoms with van der Waals surface area (Å²) in [6.07, 6.45) is 3.87. The van der Waals surface area contributed by atoms with Gasteiger partial charge in [-0.05, 0) is 6.42 Å². The number of methoxy groups -OCH3 is 1. The van der Waals surface area contributed by atoms with Gasteiger partial charge in [0.05, 0.1) is 18.4 Å². The van der Waals surface area contributed by atoms with Gasteiger partial charge in [0.15, 0.2) is 0 Å². The minimum absolute atomic E-state index is 0.0439. The summed E-state index contributed by atoms with van der Waals surface area (Å²) in [6.45, 7) is 1.34. The average Bonchev–Trinajstić information content (AvgIpc) is 3.03. The highest BCUT2D eigenvalue weighted by Crippen LogP contribution is 2.21. The van der Waals surface area contributed by atoms with Gasteiger partial charge < -0.3 is 20.1 Å². The molecule has 2 aliphatic rings. The molecule has 1 aliphatic carbocycles. The largest absolute Gasteiger partial charge is 0.481 e. The lowest BCUT2D eigenvalue weighted by Gasteiger charge is -2.17. The Morgan fingerprint density at radius 1 is 1.48 bits per heavy atom. The first-order chi connectivity index (χ1) is 10.0. The number of carboxylic acid groups (broad SMARTS) is 1. The van der Waals surface area contributed by atoms with Gasteiger partial charge in [-0.3, -0.25) is 14.4 Å². The lowest BCUT2D eigenvalue weighted by Crippen LogP contribution is -2.39. The molecular weight excluding hydrogens is 276 g/mol. The highest BCUT2D eigenvalue weighted by Gasteiger charge is 2.35. The van der Waals surface area contributed by atoms with Gasteiger partial charge >= 0.3 is 5.97 Å². The second-order valence-electron chi connectivity index (χ2n) is 5.41. The van der Waals surface area contributed by atoms with Crippen molar-refractivity contribution in [2.45, 2.75) is 18.9 Å². The molecule has 0 aromatic rings. The Balaban J connectivity index is 1.81. The molecule has 1 heterocycles. The van der Waals surface area contributed by atoms with Crippen LogP contribution in [-0.4, -0.2) is 60.6 Å². The van der Waals surface area contributed by atoms with E-state index in [1.54, 1.807) is 24.2 Å². The molecule has 1 aliphatic heterocycles. The molecule has 21 heavy (non-hydrogen) atoms. The van der Waals surface area contributed by atoms with Crippen LogP contribution in [0.25, 0.3) is 0 Å². The van der Waals surface area contributed by atoms with Crippen molar-refractivity contribution >= 4 is 17.8 Å². The second-order valence-corrected chi connectivity index (χ2v) is 5.41. The monoisotopic (exact) mass is 296 g/mol. The third-order valence-electron chi connectivity index (χ3n) is 3.88. The van der Waals surface area contributed by atoms with Crippen molar-refractivity contribution in [1.29, 1.82) is 0 Å². The van der Waals surface area contributed by atoms with E-state index in [0.29, 0.717) is 26.1 Å². The number of hydrogen-bond donors (Lipinski definition) is 2. The van der Waals surface area contributed by atoms with Crippen molar-refractivity contribution in [2.75, 3.05) is 26.8 Å². The first-order valence-corrected chi connectivity index (χ1v) is 6.99. The number of nitrogens with one attached hydrogen (secondary N) is 1.